The van der Waals surface area contributed by atoms with E-state index in [2.05, 4.69) is 48.5 Å². The number of aryl methyl sites for hydroxylation is 1. The third kappa shape index (κ3) is 3.42. The van der Waals surface area contributed by atoms with Crippen LogP contribution in [0.5, 0.6) is 0 Å². The minimum absolute atomic E-state index is 0.765. The van der Waals surface area contributed by atoms with Gasteiger partial charge in [-0.1, -0.05) is 29.8 Å². The quantitative estimate of drug-likeness (QED) is 0.905. The molecule has 0 aromatic heterocycles. The van der Waals surface area contributed by atoms with Crippen molar-refractivity contribution in [3.63, 3.8) is 0 Å². The van der Waals surface area contributed by atoms with E-state index in [-0.39, 0.29) is 0 Å². The highest BCUT2D eigenvalue weighted by molar-refractivity contribution is 5.26. The molecule has 2 fully saturated rings. The van der Waals surface area contributed by atoms with Crippen molar-refractivity contribution in [2.24, 2.45) is 5.92 Å². The molecule has 3 rings (SSSR count). The minimum atomic E-state index is 0.765. The average molecular weight is 272 g/mol. The van der Waals surface area contributed by atoms with E-state index in [0.29, 0.717) is 0 Å². The number of benzene rings is 1. The summed E-state index contributed by atoms with van der Waals surface area (Å²) in [4.78, 5) is 2.45. The van der Waals surface area contributed by atoms with Gasteiger partial charge in [0.25, 0.3) is 0 Å². The summed E-state index contributed by atoms with van der Waals surface area (Å²) >= 11 is 0. The highest BCUT2D eigenvalue weighted by atomic mass is 15.1. The summed E-state index contributed by atoms with van der Waals surface area (Å²) in [5, 5.41) is 3.80. The van der Waals surface area contributed by atoms with Crippen LogP contribution in [0.1, 0.15) is 42.7 Å². The first-order valence-corrected chi connectivity index (χ1v) is 8.19. The van der Waals surface area contributed by atoms with E-state index in [4.69, 9.17) is 0 Å². The van der Waals surface area contributed by atoms with Crippen LogP contribution in [0, 0.1) is 12.8 Å². The van der Waals surface area contributed by atoms with Gasteiger partial charge in [-0.3, -0.25) is 0 Å². The Balaban J connectivity index is 1.37. The van der Waals surface area contributed by atoms with E-state index >= 15 is 0 Å². The number of hydrogen-bond acceptors (Lipinski definition) is 2. The third-order valence-electron chi connectivity index (χ3n) is 5.22. The van der Waals surface area contributed by atoms with Gasteiger partial charge in [-0.15, -0.1) is 0 Å². The maximum absolute atomic E-state index is 3.80. The van der Waals surface area contributed by atoms with Crippen LogP contribution in [-0.4, -0.2) is 37.6 Å². The highest BCUT2D eigenvalue weighted by Gasteiger charge is 2.30. The van der Waals surface area contributed by atoms with Crippen LogP contribution >= 0.6 is 0 Å². The Morgan fingerprint density at radius 1 is 1.10 bits per heavy atom. The summed E-state index contributed by atoms with van der Waals surface area (Å²) in [6.45, 7) is 5.96. The smallest absolute Gasteiger partial charge is 0.00788 e. The van der Waals surface area contributed by atoms with E-state index in [1.807, 2.05) is 0 Å². The second-order valence-electron chi connectivity index (χ2n) is 6.93. The third-order valence-corrected chi connectivity index (χ3v) is 5.22. The van der Waals surface area contributed by atoms with Crippen molar-refractivity contribution in [2.45, 2.75) is 44.6 Å². The summed E-state index contributed by atoms with van der Waals surface area (Å²) in [6, 6.07) is 9.88. The first kappa shape index (κ1) is 14.1. The number of nitrogens with one attached hydrogen (secondary N) is 1. The predicted molar refractivity (Wildman–Crippen MR) is 85.2 cm³/mol. The molecule has 1 saturated heterocycles. The van der Waals surface area contributed by atoms with Crippen LogP contribution in [0.3, 0.4) is 0 Å². The maximum Gasteiger partial charge on any atom is 0.00788 e. The molecule has 0 spiro atoms. The standard InChI is InChI=1S/C18H28N2/c1-14-3-5-16(6-4-14)17-11-18(12-17)19-13-15-7-9-20(2)10-8-15/h3-6,15,17-19H,7-13H2,1-2H3. The Morgan fingerprint density at radius 2 is 1.75 bits per heavy atom. The topological polar surface area (TPSA) is 15.3 Å². The fourth-order valence-corrected chi connectivity index (χ4v) is 3.49. The average Bonchev–Trinajstić information content (AvgIpc) is 2.41. The molecule has 1 aliphatic carbocycles. The molecule has 0 unspecified atom stereocenters. The van der Waals surface area contributed by atoms with E-state index in [1.54, 1.807) is 0 Å². The van der Waals surface area contributed by atoms with E-state index in [0.717, 1.165) is 17.9 Å². The lowest BCUT2D eigenvalue weighted by molar-refractivity contribution is 0.199. The lowest BCUT2D eigenvalue weighted by Gasteiger charge is -2.38. The van der Waals surface area contributed by atoms with Gasteiger partial charge < -0.3 is 10.2 Å². The lowest BCUT2D eigenvalue weighted by Crippen LogP contribution is -2.44. The molecule has 0 amide bonds. The molecule has 2 nitrogen and oxygen atoms in total. The van der Waals surface area contributed by atoms with Crippen molar-refractivity contribution < 1.29 is 0 Å². The van der Waals surface area contributed by atoms with E-state index in [9.17, 15) is 0 Å². The van der Waals surface area contributed by atoms with Gasteiger partial charge >= 0.3 is 0 Å². The summed E-state index contributed by atoms with van der Waals surface area (Å²) in [7, 11) is 2.24. The number of rotatable bonds is 4. The largest absolute Gasteiger partial charge is 0.314 e. The molecule has 0 radical (unpaired) electrons. The van der Waals surface area contributed by atoms with Crippen molar-refractivity contribution in [1.82, 2.24) is 10.2 Å². The molecular weight excluding hydrogens is 244 g/mol. The van der Waals surface area contributed by atoms with Gasteiger partial charge in [0.15, 0.2) is 0 Å². The molecule has 1 aromatic carbocycles. The van der Waals surface area contributed by atoms with Crippen molar-refractivity contribution in [3.05, 3.63) is 35.4 Å². The lowest BCUT2D eigenvalue weighted by atomic mass is 9.75. The normalized spacial score (nSPS) is 28.3. The first-order valence-electron chi connectivity index (χ1n) is 8.19. The summed E-state index contributed by atoms with van der Waals surface area (Å²) < 4.78 is 0. The summed E-state index contributed by atoms with van der Waals surface area (Å²) in [5.41, 5.74) is 2.90. The number of likely N-dealkylation sites (tertiary alicyclic amines) is 1. The van der Waals surface area contributed by atoms with Crippen LogP contribution in [0.25, 0.3) is 0 Å². The van der Waals surface area contributed by atoms with Crippen molar-refractivity contribution in [1.29, 1.82) is 0 Å². The molecule has 0 bridgehead atoms. The zero-order valence-electron chi connectivity index (χ0n) is 12.9. The number of hydrogen-bond donors (Lipinski definition) is 1. The zero-order chi connectivity index (χ0) is 13.9. The van der Waals surface area contributed by atoms with Crippen LogP contribution < -0.4 is 5.32 Å². The fourth-order valence-electron chi connectivity index (χ4n) is 3.49. The van der Waals surface area contributed by atoms with Crippen LogP contribution in [0.2, 0.25) is 0 Å². The first-order chi connectivity index (χ1) is 9.70. The minimum Gasteiger partial charge on any atom is -0.314 e. The molecule has 1 aromatic rings. The van der Waals surface area contributed by atoms with Crippen LogP contribution in [-0.2, 0) is 0 Å². The Labute approximate surface area is 123 Å². The molecule has 2 aliphatic rings. The second-order valence-corrected chi connectivity index (χ2v) is 6.93. The van der Waals surface area contributed by atoms with Crippen molar-refractivity contribution >= 4 is 0 Å². The van der Waals surface area contributed by atoms with Crippen LogP contribution in [0.4, 0.5) is 0 Å². The monoisotopic (exact) mass is 272 g/mol. The van der Waals surface area contributed by atoms with E-state index in [1.165, 1.54) is 56.4 Å². The molecule has 0 atom stereocenters. The Bertz CT molecular complexity index is 412. The SMILES string of the molecule is Cc1ccc(C2CC(NCC3CCN(C)CC3)C2)cc1. The van der Waals surface area contributed by atoms with Gasteiger partial charge in [-0.05, 0) is 76.7 Å². The van der Waals surface area contributed by atoms with E-state index < -0.39 is 0 Å². The van der Waals surface area contributed by atoms with Gasteiger partial charge in [0.2, 0.25) is 0 Å². The van der Waals surface area contributed by atoms with Gasteiger partial charge in [0, 0.05) is 6.04 Å². The molecule has 1 heterocycles. The number of nitrogens with zero attached hydrogens (tertiary/aromatic N) is 1. The zero-order valence-corrected chi connectivity index (χ0v) is 12.9. The van der Waals surface area contributed by atoms with Crippen molar-refractivity contribution in [2.75, 3.05) is 26.7 Å². The Kier molecular flexibility index (Phi) is 4.42. The molecule has 1 aliphatic heterocycles. The molecule has 2 heteroatoms. The van der Waals surface area contributed by atoms with Gasteiger partial charge in [0.05, 0.1) is 0 Å². The Hall–Kier alpha value is -0.860. The number of piperidine rings is 1. The Morgan fingerprint density at radius 3 is 2.40 bits per heavy atom. The molecule has 20 heavy (non-hydrogen) atoms. The molecule has 1 saturated carbocycles. The summed E-state index contributed by atoms with van der Waals surface area (Å²) in [5.74, 6) is 1.70. The summed E-state index contributed by atoms with van der Waals surface area (Å²) in [6.07, 6.45) is 5.40. The van der Waals surface area contributed by atoms with Gasteiger partial charge in [-0.2, -0.15) is 0 Å². The van der Waals surface area contributed by atoms with Crippen LogP contribution in [0.15, 0.2) is 24.3 Å². The fraction of sp³-hybridized carbons (Fsp3) is 0.667. The molecule has 1 N–H and O–H groups in total. The van der Waals surface area contributed by atoms with Gasteiger partial charge in [-0.25, -0.2) is 0 Å². The predicted octanol–water partition coefficient (Wildman–Crippen LogP) is 3.17. The highest BCUT2D eigenvalue weighted by Crippen LogP contribution is 2.37. The molecule has 110 valence electrons. The second kappa shape index (κ2) is 6.28. The molecular formula is C18H28N2. The maximum atomic E-state index is 3.80. The van der Waals surface area contributed by atoms with Crippen molar-refractivity contribution in [3.8, 4) is 0 Å². The van der Waals surface area contributed by atoms with Gasteiger partial charge in [0.1, 0.15) is 0 Å².